The van der Waals surface area contributed by atoms with E-state index < -0.39 is 0 Å². The predicted octanol–water partition coefficient (Wildman–Crippen LogP) is 8.75. The lowest BCUT2D eigenvalue weighted by Crippen LogP contribution is -2.00. The summed E-state index contributed by atoms with van der Waals surface area (Å²) in [7, 11) is 0. The summed E-state index contributed by atoms with van der Waals surface area (Å²) in [5.74, 6) is 0. The van der Waals surface area contributed by atoms with E-state index in [1.807, 2.05) is 12.2 Å². The molecule has 0 atom stereocenters. The van der Waals surface area contributed by atoms with Crippen LogP contribution in [0.15, 0.2) is 91.5 Å². The molecule has 2 nitrogen and oxygen atoms in total. The summed E-state index contributed by atoms with van der Waals surface area (Å²) in [6.45, 7) is 14.8. The molecule has 0 aliphatic carbocycles. The summed E-state index contributed by atoms with van der Waals surface area (Å²) >= 11 is 0. The molecule has 0 saturated heterocycles. The van der Waals surface area contributed by atoms with Crippen LogP contribution in [0.4, 0.5) is 0 Å². The summed E-state index contributed by atoms with van der Waals surface area (Å²) in [6, 6.07) is 26.6. The molecule has 3 aromatic carbocycles. The van der Waals surface area contributed by atoms with Gasteiger partial charge in [0.05, 0.1) is 5.52 Å². The third kappa shape index (κ3) is 4.03. The smallest absolute Gasteiger partial charge is 0.0534 e. The van der Waals surface area contributed by atoms with Crippen LogP contribution in [0.2, 0.25) is 0 Å². The van der Waals surface area contributed by atoms with Gasteiger partial charge in [0, 0.05) is 33.8 Å². The Kier molecular flexibility index (Phi) is 6.28. The maximum Gasteiger partial charge on any atom is 0.0534 e. The molecule has 0 spiro atoms. The fourth-order valence-corrected chi connectivity index (χ4v) is 5.29. The molecule has 2 heterocycles. The minimum atomic E-state index is 0.914. The van der Waals surface area contributed by atoms with E-state index in [4.69, 9.17) is 0 Å². The van der Waals surface area contributed by atoms with Crippen LogP contribution in [0, 0.1) is 34.6 Å². The van der Waals surface area contributed by atoms with E-state index in [1.54, 1.807) is 0 Å². The maximum absolute atomic E-state index is 3.83. The van der Waals surface area contributed by atoms with Crippen LogP contribution >= 0.6 is 0 Å². The van der Waals surface area contributed by atoms with E-state index in [0.717, 1.165) is 6.42 Å². The van der Waals surface area contributed by atoms with Gasteiger partial charge in [-0.25, -0.2) is 0 Å². The van der Waals surface area contributed by atoms with Crippen LogP contribution in [0.3, 0.4) is 0 Å². The summed E-state index contributed by atoms with van der Waals surface area (Å²) in [5, 5.41) is 1.32. The Labute approximate surface area is 214 Å². The number of allylic oxidation sites excluding steroid dienone is 2. The molecule has 0 aliphatic heterocycles. The Morgan fingerprint density at radius 1 is 0.639 bits per heavy atom. The Morgan fingerprint density at radius 3 is 1.81 bits per heavy atom. The van der Waals surface area contributed by atoms with Crippen molar-refractivity contribution in [3.05, 3.63) is 136 Å². The Morgan fingerprint density at radius 2 is 1.19 bits per heavy atom. The Hall–Kier alpha value is -4.04. The van der Waals surface area contributed by atoms with E-state index in [1.165, 1.54) is 67.2 Å². The third-order valence-electron chi connectivity index (χ3n) is 7.68. The minimum absolute atomic E-state index is 0.914. The molecule has 0 N–H and O–H groups in total. The highest BCUT2D eigenvalue weighted by Crippen LogP contribution is 2.29. The molecule has 2 aromatic heterocycles. The number of rotatable bonds is 6. The second-order valence-corrected chi connectivity index (χ2v) is 9.72. The van der Waals surface area contributed by atoms with Crippen molar-refractivity contribution in [3.63, 3.8) is 0 Å². The van der Waals surface area contributed by atoms with Gasteiger partial charge in [-0.2, -0.15) is 0 Å². The number of fused-ring (bicyclic) bond motifs is 1. The van der Waals surface area contributed by atoms with Gasteiger partial charge in [-0.1, -0.05) is 61.2 Å². The van der Waals surface area contributed by atoms with Crippen molar-refractivity contribution in [2.75, 3.05) is 0 Å². The number of nitrogens with zero attached hydrogens (tertiary/aromatic N) is 2. The average Bonchev–Trinajstić information content (AvgIpc) is 3.28. The molecule has 36 heavy (non-hydrogen) atoms. The molecule has 5 aromatic rings. The highest BCUT2D eigenvalue weighted by Gasteiger charge is 2.14. The molecule has 0 amide bonds. The average molecular weight is 471 g/mol. The number of aromatic nitrogens is 2. The van der Waals surface area contributed by atoms with Gasteiger partial charge < -0.3 is 9.13 Å². The standard InChI is InChI=1S/C34H34N2/c1-7-8-12-33-24(3)23(2)26(5)35(33)30-18-14-28(15-19-30)22-29-16-20-31(21-17-29)36-27(6)25(4)32-11-9-10-13-34(32)36/h7-21H,1,22H2,2-6H3/b12-8-. The lowest BCUT2D eigenvalue weighted by molar-refractivity contribution is 0.989. The van der Waals surface area contributed by atoms with Gasteiger partial charge in [0.25, 0.3) is 0 Å². The van der Waals surface area contributed by atoms with Crippen molar-refractivity contribution in [3.8, 4) is 11.4 Å². The molecule has 0 fully saturated rings. The fraction of sp³-hybridized carbons (Fsp3) is 0.176. The molecule has 2 heteroatoms. The van der Waals surface area contributed by atoms with Crippen LogP contribution in [0.1, 0.15) is 44.9 Å². The molecule has 0 bridgehead atoms. The first kappa shape index (κ1) is 23.7. The second-order valence-electron chi connectivity index (χ2n) is 9.72. The van der Waals surface area contributed by atoms with E-state index in [-0.39, 0.29) is 0 Å². The highest BCUT2D eigenvalue weighted by molar-refractivity contribution is 5.87. The molecule has 0 saturated carbocycles. The molecular formula is C34H34N2. The van der Waals surface area contributed by atoms with Gasteiger partial charge in [-0.05, 0) is 105 Å². The predicted molar refractivity (Wildman–Crippen MR) is 155 cm³/mol. The van der Waals surface area contributed by atoms with Crippen molar-refractivity contribution in [1.82, 2.24) is 9.13 Å². The van der Waals surface area contributed by atoms with Crippen LogP contribution < -0.4 is 0 Å². The first-order valence-corrected chi connectivity index (χ1v) is 12.6. The monoisotopic (exact) mass is 470 g/mol. The molecule has 5 rings (SSSR count). The van der Waals surface area contributed by atoms with E-state index in [2.05, 4.69) is 129 Å². The van der Waals surface area contributed by atoms with E-state index in [0.29, 0.717) is 0 Å². The number of aryl methyl sites for hydroxylation is 1. The van der Waals surface area contributed by atoms with Crippen molar-refractivity contribution in [1.29, 1.82) is 0 Å². The normalized spacial score (nSPS) is 11.6. The van der Waals surface area contributed by atoms with Gasteiger partial charge in [-0.15, -0.1) is 0 Å². The lowest BCUT2D eigenvalue weighted by atomic mass is 10.0. The first-order valence-electron chi connectivity index (χ1n) is 12.6. The third-order valence-corrected chi connectivity index (χ3v) is 7.68. The zero-order chi connectivity index (χ0) is 25.4. The summed E-state index contributed by atoms with van der Waals surface area (Å²) in [4.78, 5) is 0. The van der Waals surface area contributed by atoms with Gasteiger partial charge in [0.1, 0.15) is 0 Å². The Balaban J connectivity index is 1.40. The molecule has 0 unspecified atom stereocenters. The lowest BCUT2D eigenvalue weighted by Gasteiger charge is -2.12. The van der Waals surface area contributed by atoms with Crippen LogP contribution in [-0.2, 0) is 6.42 Å². The summed E-state index contributed by atoms with van der Waals surface area (Å²) in [6.07, 6.45) is 6.90. The number of benzene rings is 3. The highest BCUT2D eigenvalue weighted by atomic mass is 15.0. The number of hydrogen-bond donors (Lipinski definition) is 0. The maximum atomic E-state index is 3.83. The van der Waals surface area contributed by atoms with Crippen LogP contribution in [0.25, 0.3) is 28.4 Å². The summed E-state index contributed by atoms with van der Waals surface area (Å²) < 4.78 is 4.71. The molecule has 0 aliphatic rings. The number of hydrogen-bond acceptors (Lipinski definition) is 0. The zero-order valence-corrected chi connectivity index (χ0v) is 22.0. The van der Waals surface area contributed by atoms with Crippen molar-refractivity contribution < 1.29 is 0 Å². The van der Waals surface area contributed by atoms with Gasteiger partial charge >= 0.3 is 0 Å². The SMILES string of the molecule is C=C/C=C\c1c(C)c(C)c(C)n1-c1ccc(Cc2ccc(-n3c(C)c(C)c4ccccc43)cc2)cc1. The quantitative estimate of drug-likeness (QED) is 0.220. The van der Waals surface area contributed by atoms with Crippen LogP contribution in [0.5, 0.6) is 0 Å². The van der Waals surface area contributed by atoms with Gasteiger partial charge in [0.15, 0.2) is 0 Å². The zero-order valence-electron chi connectivity index (χ0n) is 22.0. The number of para-hydroxylation sites is 1. The largest absolute Gasteiger partial charge is 0.314 e. The van der Waals surface area contributed by atoms with E-state index >= 15 is 0 Å². The van der Waals surface area contributed by atoms with Crippen molar-refractivity contribution in [2.24, 2.45) is 0 Å². The van der Waals surface area contributed by atoms with Gasteiger partial charge in [0.2, 0.25) is 0 Å². The first-order chi connectivity index (χ1) is 17.4. The van der Waals surface area contributed by atoms with Crippen molar-refractivity contribution in [2.45, 2.75) is 41.0 Å². The summed E-state index contributed by atoms with van der Waals surface area (Å²) in [5.41, 5.74) is 14.1. The van der Waals surface area contributed by atoms with E-state index in [9.17, 15) is 0 Å². The molecule has 0 radical (unpaired) electrons. The Bertz CT molecular complexity index is 1590. The fourth-order valence-electron chi connectivity index (χ4n) is 5.29. The minimum Gasteiger partial charge on any atom is -0.314 e. The van der Waals surface area contributed by atoms with Crippen LogP contribution in [-0.4, -0.2) is 9.13 Å². The van der Waals surface area contributed by atoms with Crippen molar-refractivity contribution >= 4 is 17.0 Å². The second kappa shape index (κ2) is 9.54. The molecular weight excluding hydrogens is 436 g/mol. The topological polar surface area (TPSA) is 9.86 Å². The van der Waals surface area contributed by atoms with Gasteiger partial charge in [-0.3, -0.25) is 0 Å². The molecule has 180 valence electrons.